The summed E-state index contributed by atoms with van der Waals surface area (Å²) in [5.74, 6) is -0.674. The highest BCUT2D eigenvalue weighted by Crippen LogP contribution is 2.28. The summed E-state index contributed by atoms with van der Waals surface area (Å²) in [6.07, 6.45) is -3.10. The number of halogens is 3. The molecule has 1 aromatic carbocycles. The largest absolute Gasteiger partial charge is 0.573 e. The molecule has 0 spiro atoms. The van der Waals surface area contributed by atoms with Crippen LogP contribution in [0.1, 0.15) is 33.0 Å². The second-order valence-electron chi connectivity index (χ2n) is 7.59. The third kappa shape index (κ3) is 4.50. The topological polar surface area (TPSA) is 81.9 Å². The number of nitrogens with zero attached hydrogens (tertiary/aromatic N) is 4. The number of fused-ring (bicyclic) bond motifs is 1. The van der Waals surface area contributed by atoms with Crippen molar-refractivity contribution in [2.24, 2.45) is 0 Å². The molecule has 3 heterocycles. The SMILES string of the molecule is Cc1cc(C(=O)Nc2c(C)ccnc2C)c2c(C)nn(-c3ccc(OC(F)(F)F)cc3)c2n1. The number of aryl methyl sites for hydroxylation is 4. The number of hydrogen-bond acceptors (Lipinski definition) is 5. The van der Waals surface area contributed by atoms with E-state index in [2.05, 4.69) is 25.1 Å². The molecule has 10 heteroatoms. The predicted octanol–water partition coefficient (Wildman–Crippen LogP) is 5.20. The number of carbonyl (C=O) groups excluding carboxylic acids is 1. The molecule has 0 atom stereocenters. The Kier molecular flexibility index (Phi) is 5.52. The Morgan fingerprint density at radius 2 is 1.73 bits per heavy atom. The van der Waals surface area contributed by atoms with E-state index < -0.39 is 6.36 Å². The lowest BCUT2D eigenvalue weighted by Crippen LogP contribution is -2.17. The Morgan fingerprint density at radius 1 is 1.03 bits per heavy atom. The van der Waals surface area contributed by atoms with Crippen molar-refractivity contribution in [1.29, 1.82) is 0 Å². The van der Waals surface area contributed by atoms with Gasteiger partial charge in [-0.15, -0.1) is 13.2 Å². The fourth-order valence-corrected chi connectivity index (χ4v) is 3.63. The minimum atomic E-state index is -4.78. The van der Waals surface area contributed by atoms with Crippen LogP contribution in [0.15, 0.2) is 42.6 Å². The molecule has 1 N–H and O–H groups in total. The molecule has 0 bridgehead atoms. The molecular weight excluding hydrogens is 435 g/mol. The smallest absolute Gasteiger partial charge is 0.406 e. The number of amides is 1. The number of aromatic nitrogens is 4. The van der Waals surface area contributed by atoms with Gasteiger partial charge in [0.2, 0.25) is 0 Å². The first-order valence-corrected chi connectivity index (χ1v) is 10.00. The second kappa shape index (κ2) is 8.19. The molecule has 0 aliphatic heterocycles. The number of alkyl halides is 3. The van der Waals surface area contributed by atoms with Gasteiger partial charge in [-0.2, -0.15) is 5.10 Å². The van der Waals surface area contributed by atoms with E-state index in [1.807, 2.05) is 19.9 Å². The number of benzene rings is 1. The van der Waals surface area contributed by atoms with Crippen LogP contribution in [0.25, 0.3) is 16.7 Å². The van der Waals surface area contributed by atoms with Gasteiger partial charge in [-0.25, -0.2) is 9.67 Å². The molecule has 3 aromatic heterocycles. The molecule has 4 aromatic rings. The van der Waals surface area contributed by atoms with E-state index in [-0.39, 0.29) is 11.7 Å². The van der Waals surface area contributed by atoms with Gasteiger partial charge in [0.1, 0.15) is 5.75 Å². The monoisotopic (exact) mass is 455 g/mol. The van der Waals surface area contributed by atoms with Crippen molar-refractivity contribution in [1.82, 2.24) is 19.7 Å². The Hall–Kier alpha value is -3.95. The van der Waals surface area contributed by atoms with Gasteiger partial charge in [0, 0.05) is 11.9 Å². The molecule has 33 heavy (non-hydrogen) atoms. The van der Waals surface area contributed by atoms with Crippen LogP contribution in [-0.4, -0.2) is 32.0 Å². The zero-order valence-electron chi connectivity index (χ0n) is 18.3. The van der Waals surface area contributed by atoms with Gasteiger partial charge in [0.05, 0.1) is 33.7 Å². The van der Waals surface area contributed by atoms with E-state index in [1.54, 1.807) is 26.1 Å². The molecular formula is C23H20F3N5O2. The number of ether oxygens (including phenoxy) is 1. The van der Waals surface area contributed by atoms with E-state index >= 15 is 0 Å². The van der Waals surface area contributed by atoms with E-state index in [0.717, 1.165) is 5.56 Å². The van der Waals surface area contributed by atoms with Crippen LogP contribution in [-0.2, 0) is 0 Å². The van der Waals surface area contributed by atoms with Gasteiger partial charge in [0.25, 0.3) is 5.91 Å². The van der Waals surface area contributed by atoms with Gasteiger partial charge in [-0.1, -0.05) is 0 Å². The molecule has 0 saturated carbocycles. The maximum atomic E-state index is 13.2. The van der Waals surface area contributed by atoms with Crippen molar-refractivity contribution < 1.29 is 22.7 Å². The van der Waals surface area contributed by atoms with Crippen molar-refractivity contribution in [3.05, 3.63) is 70.8 Å². The maximum Gasteiger partial charge on any atom is 0.573 e. The summed E-state index contributed by atoms with van der Waals surface area (Å²) in [5.41, 5.74) is 4.64. The van der Waals surface area contributed by atoms with Crippen LogP contribution in [0, 0.1) is 27.7 Å². The fourth-order valence-electron chi connectivity index (χ4n) is 3.63. The first kappa shape index (κ1) is 22.3. The molecule has 0 radical (unpaired) electrons. The average molecular weight is 455 g/mol. The highest BCUT2D eigenvalue weighted by atomic mass is 19.4. The van der Waals surface area contributed by atoms with E-state index in [1.165, 1.54) is 28.9 Å². The zero-order valence-corrected chi connectivity index (χ0v) is 18.3. The van der Waals surface area contributed by atoms with Crippen LogP contribution in [0.4, 0.5) is 18.9 Å². The molecule has 0 aliphatic carbocycles. The second-order valence-corrected chi connectivity index (χ2v) is 7.59. The minimum absolute atomic E-state index is 0.332. The highest BCUT2D eigenvalue weighted by molar-refractivity contribution is 6.13. The van der Waals surface area contributed by atoms with Gasteiger partial charge in [-0.05, 0) is 69.7 Å². The van der Waals surface area contributed by atoms with Crippen LogP contribution in [0.2, 0.25) is 0 Å². The normalized spacial score (nSPS) is 11.6. The summed E-state index contributed by atoms with van der Waals surface area (Å²) in [4.78, 5) is 22.0. The highest BCUT2D eigenvalue weighted by Gasteiger charge is 2.31. The summed E-state index contributed by atoms with van der Waals surface area (Å²) in [6.45, 7) is 7.19. The van der Waals surface area contributed by atoms with Crippen molar-refractivity contribution >= 4 is 22.6 Å². The third-order valence-corrected chi connectivity index (χ3v) is 5.09. The number of hydrogen-bond donors (Lipinski definition) is 1. The summed E-state index contributed by atoms with van der Waals surface area (Å²) in [6, 6.07) is 8.77. The molecule has 1 amide bonds. The third-order valence-electron chi connectivity index (χ3n) is 5.09. The summed E-state index contributed by atoms with van der Waals surface area (Å²) >= 11 is 0. The quantitative estimate of drug-likeness (QED) is 0.457. The number of anilines is 1. The van der Waals surface area contributed by atoms with E-state index in [4.69, 9.17) is 0 Å². The standard InChI is InChI=1S/C23H20F3N5O2/c1-12-9-10-27-15(4)20(12)29-22(32)18-11-13(2)28-21-19(18)14(3)30-31(21)16-5-7-17(8-6-16)33-23(24,25)26/h5-11H,1-4H3,(H,29,32). The summed E-state index contributed by atoms with van der Waals surface area (Å²) < 4.78 is 42.8. The first-order chi connectivity index (χ1) is 15.5. The van der Waals surface area contributed by atoms with Crippen LogP contribution in [0.5, 0.6) is 5.75 Å². The molecule has 170 valence electrons. The lowest BCUT2D eigenvalue weighted by molar-refractivity contribution is -0.274. The molecule has 0 fully saturated rings. The van der Waals surface area contributed by atoms with Gasteiger partial charge >= 0.3 is 6.36 Å². The zero-order chi connectivity index (χ0) is 23.9. The predicted molar refractivity (Wildman–Crippen MR) is 117 cm³/mol. The van der Waals surface area contributed by atoms with Crippen molar-refractivity contribution in [3.8, 4) is 11.4 Å². The summed E-state index contributed by atoms with van der Waals surface area (Å²) in [7, 11) is 0. The fraction of sp³-hybridized carbons (Fsp3) is 0.217. The van der Waals surface area contributed by atoms with E-state index in [0.29, 0.717) is 45.1 Å². The molecule has 0 saturated heterocycles. The van der Waals surface area contributed by atoms with Crippen molar-refractivity contribution in [3.63, 3.8) is 0 Å². The van der Waals surface area contributed by atoms with Gasteiger partial charge in [-0.3, -0.25) is 9.78 Å². The lowest BCUT2D eigenvalue weighted by atomic mass is 10.1. The van der Waals surface area contributed by atoms with Crippen LogP contribution >= 0.6 is 0 Å². The molecule has 0 unspecified atom stereocenters. The maximum absolute atomic E-state index is 13.2. The Bertz CT molecular complexity index is 1340. The molecule has 0 aliphatic rings. The van der Waals surface area contributed by atoms with Gasteiger partial charge in [0.15, 0.2) is 5.65 Å². The number of carbonyl (C=O) groups is 1. The van der Waals surface area contributed by atoms with Crippen molar-refractivity contribution in [2.75, 3.05) is 5.32 Å². The van der Waals surface area contributed by atoms with Crippen molar-refractivity contribution in [2.45, 2.75) is 34.1 Å². The summed E-state index contributed by atoms with van der Waals surface area (Å²) in [5, 5.41) is 7.97. The Labute approximate surface area is 187 Å². The number of rotatable bonds is 4. The number of nitrogens with one attached hydrogen (secondary N) is 1. The van der Waals surface area contributed by atoms with E-state index in [9.17, 15) is 18.0 Å². The lowest BCUT2D eigenvalue weighted by Gasteiger charge is -2.12. The average Bonchev–Trinajstić information content (AvgIpc) is 3.05. The molecule has 4 rings (SSSR count). The van der Waals surface area contributed by atoms with Crippen LogP contribution in [0.3, 0.4) is 0 Å². The minimum Gasteiger partial charge on any atom is -0.406 e. The van der Waals surface area contributed by atoms with Gasteiger partial charge < -0.3 is 10.1 Å². The molecule has 7 nitrogen and oxygen atoms in total. The van der Waals surface area contributed by atoms with Crippen LogP contribution < -0.4 is 10.1 Å². The Balaban J connectivity index is 1.76. The first-order valence-electron chi connectivity index (χ1n) is 10.00. The number of pyridine rings is 2. The Morgan fingerprint density at radius 3 is 2.36 bits per heavy atom.